The summed E-state index contributed by atoms with van der Waals surface area (Å²) in [5.74, 6) is -0.107. The zero-order chi connectivity index (χ0) is 41.9. The number of aromatic nitrogens is 6. The Morgan fingerprint density at radius 2 is 0.733 bits per heavy atom. The Balaban J connectivity index is 0.00000397. The largest absolute Gasteiger partial charge is 1.00 e. The van der Waals surface area contributed by atoms with Crippen molar-refractivity contribution >= 4 is 99.0 Å². The average molecular weight is 913 g/mol. The fourth-order valence-electron chi connectivity index (χ4n) is 4.92. The van der Waals surface area contributed by atoms with Crippen molar-refractivity contribution < 1.29 is 102 Å². The molecule has 0 spiro atoms. The average Bonchev–Trinajstić information content (AvgIpc) is 3.14. The second-order valence-electron chi connectivity index (χ2n) is 11.7. The predicted molar refractivity (Wildman–Crippen MR) is 206 cm³/mol. The molecule has 8 N–H and O–H groups in total. The standard InChI is InChI=1S/C32H28N12O10S4.2Na/c33-55(45,46)25-11-7-21(8-12-25)39-29-35-17-37-31(43-29)41-23-5-3-19(27(15-23)57(49,50)51)1-2-20-4-6-24(16-28(20)58(52,53)54)42-32-38-18-36-30(44-32)40-22-9-13-26(14-10-22)56(34,47)48;;/h1-18H,(H2,33,45,46)(H2,34,47,48)(H,49,50,51)(H,52,53,54)(H2,35,37,39,41,43)(H2,36,38,40,42,44);;/q;2*+1/p-2/b2-1+;;. The maximum absolute atomic E-state index is 12.3. The van der Waals surface area contributed by atoms with E-state index in [1.165, 1.54) is 72.8 Å². The first kappa shape index (κ1) is 48.1. The molecule has 0 saturated heterocycles. The second-order valence-corrected chi connectivity index (χ2v) is 17.5. The number of nitrogens with zero attached hydrogens (tertiary/aromatic N) is 6. The summed E-state index contributed by atoms with van der Waals surface area (Å²) in [7, 11) is -18.1. The van der Waals surface area contributed by atoms with Crippen LogP contribution in [-0.4, -0.2) is 72.7 Å². The molecule has 300 valence electrons. The van der Waals surface area contributed by atoms with Gasteiger partial charge in [-0.1, -0.05) is 24.3 Å². The molecule has 60 heavy (non-hydrogen) atoms. The number of primary sulfonamides is 2. The number of anilines is 8. The Morgan fingerprint density at radius 3 is 1.02 bits per heavy atom. The van der Waals surface area contributed by atoms with Gasteiger partial charge in [-0.05, 0) is 83.9 Å². The van der Waals surface area contributed by atoms with Crippen molar-refractivity contribution in [2.45, 2.75) is 19.6 Å². The van der Waals surface area contributed by atoms with Crippen LogP contribution in [0.1, 0.15) is 11.1 Å². The van der Waals surface area contributed by atoms with E-state index in [0.29, 0.717) is 11.4 Å². The summed E-state index contributed by atoms with van der Waals surface area (Å²) >= 11 is 0. The van der Waals surface area contributed by atoms with Crippen LogP contribution in [0, 0.1) is 0 Å². The zero-order valence-corrected chi connectivity index (χ0v) is 38.2. The summed E-state index contributed by atoms with van der Waals surface area (Å²) in [6.07, 6.45) is 4.53. The number of benzene rings is 4. The fraction of sp³-hybridized carbons (Fsp3) is 0. The summed E-state index contributed by atoms with van der Waals surface area (Å²) in [6.45, 7) is 0. The van der Waals surface area contributed by atoms with Gasteiger partial charge in [0.2, 0.25) is 43.8 Å². The third-order valence-corrected chi connectivity index (χ3v) is 11.2. The third-order valence-electron chi connectivity index (χ3n) is 7.54. The number of hydrogen-bond donors (Lipinski definition) is 6. The van der Waals surface area contributed by atoms with E-state index in [4.69, 9.17) is 10.3 Å². The second kappa shape index (κ2) is 19.5. The first-order valence-electron chi connectivity index (χ1n) is 15.8. The summed E-state index contributed by atoms with van der Waals surface area (Å²) in [6, 6.07) is 18.0. The van der Waals surface area contributed by atoms with E-state index in [1.807, 2.05) is 0 Å². The normalized spacial score (nSPS) is 11.9. The summed E-state index contributed by atoms with van der Waals surface area (Å²) < 4.78 is 120. The molecular formula is C32H26N12Na2O10S4. The van der Waals surface area contributed by atoms with Gasteiger partial charge in [0.05, 0.1) is 19.6 Å². The number of nitrogens with two attached hydrogens (primary N) is 2. The molecule has 22 nitrogen and oxygen atoms in total. The maximum atomic E-state index is 12.3. The molecular weight excluding hydrogens is 887 g/mol. The van der Waals surface area contributed by atoms with Crippen LogP contribution in [0.4, 0.5) is 46.5 Å². The van der Waals surface area contributed by atoms with Gasteiger partial charge in [0.1, 0.15) is 32.9 Å². The molecule has 6 rings (SSSR count). The molecule has 28 heteroatoms. The molecule has 0 aliphatic heterocycles. The van der Waals surface area contributed by atoms with Crippen molar-refractivity contribution in [2.75, 3.05) is 21.3 Å². The minimum atomic E-state index is -5.13. The number of rotatable bonds is 14. The van der Waals surface area contributed by atoms with E-state index in [0.717, 1.165) is 36.9 Å². The number of nitrogens with one attached hydrogen (secondary N) is 4. The van der Waals surface area contributed by atoms with Crippen molar-refractivity contribution in [3.05, 3.63) is 109 Å². The van der Waals surface area contributed by atoms with Gasteiger partial charge >= 0.3 is 59.1 Å². The van der Waals surface area contributed by atoms with Gasteiger partial charge < -0.3 is 30.4 Å². The predicted octanol–water partition coefficient (Wildman–Crippen LogP) is -3.69. The Hall–Kier alpha value is -4.52. The minimum absolute atomic E-state index is 0. The molecule has 0 amide bonds. The molecule has 0 unspecified atom stereocenters. The Morgan fingerprint density at radius 1 is 0.450 bits per heavy atom. The minimum Gasteiger partial charge on any atom is -0.744 e. The third kappa shape index (κ3) is 13.0. The van der Waals surface area contributed by atoms with Crippen molar-refractivity contribution in [3.8, 4) is 0 Å². The van der Waals surface area contributed by atoms with Gasteiger partial charge in [0.25, 0.3) is 0 Å². The van der Waals surface area contributed by atoms with Gasteiger partial charge in [-0.15, -0.1) is 0 Å². The van der Waals surface area contributed by atoms with Crippen LogP contribution >= 0.6 is 0 Å². The van der Waals surface area contributed by atoms with E-state index in [9.17, 15) is 42.8 Å². The van der Waals surface area contributed by atoms with E-state index in [2.05, 4.69) is 51.2 Å². The van der Waals surface area contributed by atoms with Gasteiger partial charge in [-0.2, -0.15) is 9.97 Å². The fourth-order valence-corrected chi connectivity index (χ4v) is 7.34. The van der Waals surface area contributed by atoms with Crippen molar-refractivity contribution in [1.82, 2.24) is 29.9 Å². The first-order valence-corrected chi connectivity index (χ1v) is 21.7. The maximum Gasteiger partial charge on any atom is 1.00 e. The molecule has 2 heterocycles. The van der Waals surface area contributed by atoms with Crippen LogP contribution in [0.5, 0.6) is 0 Å². The number of sulfonamides is 2. The molecule has 0 bridgehead atoms. The van der Waals surface area contributed by atoms with Crippen LogP contribution in [0.3, 0.4) is 0 Å². The van der Waals surface area contributed by atoms with Crippen LogP contribution < -0.4 is 90.7 Å². The van der Waals surface area contributed by atoms with E-state index in [1.54, 1.807) is 0 Å². The van der Waals surface area contributed by atoms with Crippen molar-refractivity contribution in [3.63, 3.8) is 0 Å². The molecule has 6 aromatic rings. The molecule has 0 saturated carbocycles. The summed E-state index contributed by atoms with van der Waals surface area (Å²) in [4.78, 5) is 22.6. The Kier molecular flexibility index (Phi) is 15.6. The van der Waals surface area contributed by atoms with Crippen LogP contribution in [0.15, 0.2) is 117 Å². The van der Waals surface area contributed by atoms with E-state index >= 15 is 0 Å². The van der Waals surface area contributed by atoms with Gasteiger partial charge in [-0.25, -0.2) is 63.9 Å². The van der Waals surface area contributed by atoms with Crippen molar-refractivity contribution in [1.29, 1.82) is 0 Å². The summed E-state index contributed by atoms with van der Waals surface area (Å²) in [5, 5.41) is 21.4. The SMILES string of the molecule is NS(=O)(=O)c1ccc(Nc2ncnc(Nc3ccc(/C=C/c4ccc(Nc5ncnc(Nc6ccc(S(N)(=O)=O)cc6)n5)cc4S(=O)(=O)[O-])c(S(=O)(=O)[O-])c3)n2)cc1.[Na+].[Na+]. The molecule has 0 aliphatic rings. The molecule has 0 radical (unpaired) electrons. The smallest absolute Gasteiger partial charge is 0.744 e. The van der Waals surface area contributed by atoms with Gasteiger partial charge in [0, 0.05) is 22.7 Å². The molecule has 0 aliphatic carbocycles. The molecule has 4 aromatic carbocycles. The van der Waals surface area contributed by atoms with Crippen LogP contribution in [0.2, 0.25) is 0 Å². The monoisotopic (exact) mass is 912 g/mol. The van der Waals surface area contributed by atoms with Crippen LogP contribution in [0.25, 0.3) is 12.2 Å². The quantitative estimate of drug-likeness (QED) is 0.0348. The first-order chi connectivity index (χ1) is 27.2. The Labute approximate surface area is 387 Å². The van der Waals surface area contributed by atoms with Crippen LogP contribution in [-0.2, 0) is 40.3 Å². The zero-order valence-electron chi connectivity index (χ0n) is 30.9. The molecule has 0 atom stereocenters. The van der Waals surface area contributed by atoms with E-state index < -0.39 is 50.1 Å². The molecule has 0 fully saturated rings. The number of hydrogen-bond acceptors (Lipinski definition) is 20. The van der Waals surface area contributed by atoms with Gasteiger partial charge in [0.15, 0.2) is 0 Å². The topological polar surface area (TPSA) is 360 Å². The van der Waals surface area contributed by atoms with Gasteiger partial charge in [-0.3, -0.25) is 0 Å². The van der Waals surface area contributed by atoms with E-state index in [-0.39, 0.29) is 115 Å². The summed E-state index contributed by atoms with van der Waals surface area (Å²) in [5.41, 5.74) is 0.637. The Bertz CT molecular complexity index is 2820. The molecule has 2 aromatic heterocycles. The van der Waals surface area contributed by atoms with Crippen molar-refractivity contribution in [2.24, 2.45) is 10.3 Å².